The number of ether oxygens (including phenoxy) is 2. The van der Waals surface area contributed by atoms with Gasteiger partial charge in [0, 0.05) is 32.2 Å². The zero-order valence-corrected chi connectivity index (χ0v) is 14.0. The van der Waals surface area contributed by atoms with E-state index in [0.717, 1.165) is 12.1 Å². The lowest BCUT2D eigenvalue weighted by atomic mass is 10.3. The van der Waals surface area contributed by atoms with Crippen LogP contribution in [0.4, 0.5) is 18.4 Å². The molecule has 0 radical (unpaired) electrons. The second kappa shape index (κ2) is 9.05. The van der Waals surface area contributed by atoms with Crippen LogP contribution in [0.25, 0.3) is 0 Å². The number of rotatable bonds is 5. The van der Waals surface area contributed by atoms with E-state index in [2.05, 4.69) is 5.32 Å². The first-order valence-electron chi connectivity index (χ1n) is 8.03. The highest BCUT2D eigenvalue weighted by molar-refractivity contribution is 5.75. The molecule has 1 aliphatic heterocycles. The fourth-order valence-corrected chi connectivity index (χ4v) is 2.31. The van der Waals surface area contributed by atoms with E-state index < -0.39 is 11.6 Å². The van der Waals surface area contributed by atoms with Gasteiger partial charge in [0.05, 0.1) is 13.2 Å². The predicted octanol–water partition coefficient (Wildman–Crippen LogP) is 1.83. The first kappa shape index (κ1) is 18.8. The Morgan fingerprint density at radius 2 is 1.80 bits per heavy atom. The average Bonchev–Trinajstić information content (AvgIpc) is 2.62. The predicted molar refractivity (Wildman–Crippen MR) is 85.4 cm³/mol. The number of benzene rings is 1. The molecule has 7 nitrogen and oxygen atoms in total. The summed E-state index contributed by atoms with van der Waals surface area (Å²) < 4.78 is 36.0. The first-order valence-corrected chi connectivity index (χ1v) is 8.03. The molecule has 0 saturated carbocycles. The summed E-state index contributed by atoms with van der Waals surface area (Å²) in [6, 6.07) is 2.98. The monoisotopic (exact) mass is 357 g/mol. The van der Waals surface area contributed by atoms with Crippen molar-refractivity contribution in [2.75, 3.05) is 45.9 Å². The van der Waals surface area contributed by atoms with Crippen molar-refractivity contribution >= 4 is 12.1 Å². The van der Waals surface area contributed by atoms with Gasteiger partial charge in [-0.05, 0) is 19.1 Å². The summed E-state index contributed by atoms with van der Waals surface area (Å²) >= 11 is 0. The Kier molecular flexibility index (Phi) is 6.79. The number of halogens is 2. The van der Waals surface area contributed by atoms with Crippen molar-refractivity contribution in [1.82, 2.24) is 15.1 Å². The molecule has 0 bridgehead atoms. The van der Waals surface area contributed by atoms with Crippen molar-refractivity contribution in [1.29, 1.82) is 0 Å². The van der Waals surface area contributed by atoms with Crippen LogP contribution in [-0.2, 0) is 4.74 Å². The molecule has 25 heavy (non-hydrogen) atoms. The van der Waals surface area contributed by atoms with Crippen LogP contribution < -0.4 is 10.1 Å². The Balaban J connectivity index is 1.66. The van der Waals surface area contributed by atoms with Gasteiger partial charge in [-0.3, -0.25) is 0 Å². The maximum atomic E-state index is 13.0. The van der Waals surface area contributed by atoms with Crippen molar-refractivity contribution in [3.63, 3.8) is 0 Å². The van der Waals surface area contributed by atoms with Gasteiger partial charge in [0.25, 0.3) is 0 Å². The maximum Gasteiger partial charge on any atom is 0.409 e. The minimum atomic E-state index is -0.985. The summed E-state index contributed by atoms with van der Waals surface area (Å²) in [4.78, 5) is 26.8. The third-order valence-corrected chi connectivity index (χ3v) is 3.63. The van der Waals surface area contributed by atoms with Gasteiger partial charge in [-0.2, -0.15) is 0 Å². The van der Waals surface area contributed by atoms with Gasteiger partial charge in [0.15, 0.2) is 11.6 Å². The van der Waals surface area contributed by atoms with Gasteiger partial charge >= 0.3 is 12.1 Å². The molecule has 1 aromatic rings. The molecule has 0 aliphatic carbocycles. The summed E-state index contributed by atoms with van der Waals surface area (Å²) in [6.45, 7) is 4.05. The van der Waals surface area contributed by atoms with E-state index in [1.165, 1.54) is 6.07 Å². The lowest BCUT2D eigenvalue weighted by molar-refractivity contribution is 0.0851. The Morgan fingerprint density at radius 1 is 1.12 bits per heavy atom. The zero-order chi connectivity index (χ0) is 18.2. The molecule has 1 fully saturated rings. The fourth-order valence-electron chi connectivity index (χ4n) is 2.31. The number of piperazine rings is 1. The molecule has 2 rings (SSSR count). The number of hydrogen-bond donors (Lipinski definition) is 1. The van der Waals surface area contributed by atoms with Crippen molar-refractivity contribution in [3.8, 4) is 5.75 Å². The number of nitrogens with one attached hydrogen (secondary N) is 1. The average molecular weight is 357 g/mol. The summed E-state index contributed by atoms with van der Waals surface area (Å²) in [5, 5.41) is 2.68. The number of carbonyl (C=O) groups is 2. The SMILES string of the molecule is CCOC(=O)N1CCN(C(=O)NCCOc2ccc(F)c(F)c2)CC1. The lowest BCUT2D eigenvalue weighted by Gasteiger charge is -2.33. The fraction of sp³-hybridized carbons (Fsp3) is 0.500. The largest absolute Gasteiger partial charge is 0.492 e. The van der Waals surface area contributed by atoms with Gasteiger partial charge in [-0.15, -0.1) is 0 Å². The molecule has 9 heteroatoms. The minimum Gasteiger partial charge on any atom is -0.492 e. The third kappa shape index (κ3) is 5.47. The van der Waals surface area contributed by atoms with E-state index in [9.17, 15) is 18.4 Å². The van der Waals surface area contributed by atoms with E-state index in [1.807, 2.05) is 0 Å². The summed E-state index contributed by atoms with van der Waals surface area (Å²) in [6.07, 6.45) is -0.373. The van der Waals surface area contributed by atoms with Crippen LogP contribution >= 0.6 is 0 Å². The molecule has 1 N–H and O–H groups in total. The standard InChI is InChI=1S/C16H21F2N3O4/c1-2-24-16(23)21-8-6-20(7-9-21)15(22)19-5-10-25-12-3-4-13(17)14(18)11-12/h3-4,11H,2,5-10H2,1H3,(H,19,22). The first-order chi connectivity index (χ1) is 12.0. The van der Waals surface area contributed by atoms with Crippen LogP contribution in [0.15, 0.2) is 18.2 Å². The molecule has 0 aromatic heterocycles. The summed E-state index contributed by atoms with van der Waals surface area (Å²) in [7, 11) is 0. The Morgan fingerprint density at radius 3 is 2.44 bits per heavy atom. The van der Waals surface area contributed by atoms with Crippen molar-refractivity contribution in [2.45, 2.75) is 6.92 Å². The minimum absolute atomic E-state index is 0.125. The lowest BCUT2D eigenvalue weighted by Crippen LogP contribution is -2.53. The number of amides is 3. The van der Waals surface area contributed by atoms with Crippen molar-refractivity contribution in [3.05, 3.63) is 29.8 Å². The van der Waals surface area contributed by atoms with Crippen LogP contribution in [0.3, 0.4) is 0 Å². The van der Waals surface area contributed by atoms with Crippen LogP contribution in [0.2, 0.25) is 0 Å². The molecule has 0 spiro atoms. The molecular formula is C16H21F2N3O4. The highest BCUT2D eigenvalue weighted by Gasteiger charge is 2.24. The van der Waals surface area contributed by atoms with Crippen LogP contribution in [0, 0.1) is 11.6 Å². The number of nitrogens with zero attached hydrogens (tertiary/aromatic N) is 2. The quantitative estimate of drug-likeness (QED) is 0.816. The van der Waals surface area contributed by atoms with Crippen molar-refractivity contribution < 1.29 is 27.8 Å². The normalized spacial score (nSPS) is 14.2. The molecule has 1 aliphatic rings. The van der Waals surface area contributed by atoms with Gasteiger partial charge in [0.1, 0.15) is 12.4 Å². The third-order valence-electron chi connectivity index (χ3n) is 3.63. The van der Waals surface area contributed by atoms with Crippen LogP contribution in [0.5, 0.6) is 5.75 Å². The number of hydrogen-bond acceptors (Lipinski definition) is 4. The molecule has 3 amide bonds. The Labute approximate surface area is 144 Å². The maximum absolute atomic E-state index is 13.0. The number of carbonyl (C=O) groups excluding carboxylic acids is 2. The Bertz CT molecular complexity index is 607. The Hall–Kier alpha value is -2.58. The zero-order valence-electron chi connectivity index (χ0n) is 14.0. The molecule has 0 unspecified atom stereocenters. The van der Waals surface area contributed by atoms with E-state index in [-0.39, 0.29) is 31.0 Å². The number of urea groups is 1. The van der Waals surface area contributed by atoms with Gasteiger partial charge in [-0.1, -0.05) is 0 Å². The molecule has 1 saturated heterocycles. The van der Waals surface area contributed by atoms with Gasteiger partial charge < -0.3 is 24.6 Å². The smallest absolute Gasteiger partial charge is 0.409 e. The van der Waals surface area contributed by atoms with Crippen molar-refractivity contribution in [2.24, 2.45) is 0 Å². The molecule has 0 atom stereocenters. The topological polar surface area (TPSA) is 71.1 Å². The highest BCUT2D eigenvalue weighted by Crippen LogP contribution is 2.15. The van der Waals surface area contributed by atoms with E-state index in [4.69, 9.17) is 9.47 Å². The van der Waals surface area contributed by atoms with E-state index in [0.29, 0.717) is 32.8 Å². The van der Waals surface area contributed by atoms with Gasteiger partial charge in [-0.25, -0.2) is 18.4 Å². The second-order valence-electron chi connectivity index (χ2n) is 5.33. The molecule has 138 valence electrons. The van der Waals surface area contributed by atoms with E-state index >= 15 is 0 Å². The molecular weight excluding hydrogens is 336 g/mol. The van der Waals surface area contributed by atoms with Crippen LogP contribution in [0.1, 0.15) is 6.92 Å². The summed E-state index contributed by atoms with van der Waals surface area (Å²) in [5.41, 5.74) is 0. The second-order valence-corrected chi connectivity index (χ2v) is 5.33. The summed E-state index contributed by atoms with van der Waals surface area (Å²) in [5.74, 6) is -1.74. The molecule has 1 aromatic carbocycles. The van der Waals surface area contributed by atoms with Crippen LogP contribution in [-0.4, -0.2) is 67.9 Å². The van der Waals surface area contributed by atoms with E-state index in [1.54, 1.807) is 16.7 Å². The highest BCUT2D eigenvalue weighted by atomic mass is 19.2. The van der Waals surface area contributed by atoms with Gasteiger partial charge in [0.2, 0.25) is 0 Å². The molecule has 1 heterocycles.